The lowest BCUT2D eigenvalue weighted by Gasteiger charge is -2.10. The second kappa shape index (κ2) is 7.79. The first-order valence-corrected chi connectivity index (χ1v) is 7.49. The Hall–Kier alpha value is -1.87. The van der Waals surface area contributed by atoms with Crippen LogP contribution in [0.3, 0.4) is 0 Å². The van der Waals surface area contributed by atoms with Crippen molar-refractivity contribution in [3.8, 4) is 5.75 Å². The fourth-order valence-electron chi connectivity index (χ4n) is 2.12. The molecule has 112 valence electrons. The fraction of sp³-hybridized carbons (Fsp3) is 0.389. The third-order valence-electron chi connectivity index (χ3n) is 3.61. The van der Waals surface area contributed by atoms with E-state index in [4.69, 9.17) is 4.74 Å². The third-order valence-corrected chi connectivity index (χ3v) is 3.61. The topological polar surface area (TPSA) is 34.1 Å². The highest BCUT2D eigenvalue weighted by Crippen LogP contribution is 2.15. The van der Waals surface area contributed by atoms with Crippen molar-refractivity contribution < 1.29 is 4.74 Å². The van der Waals surface area contributed by atoms with Gasteiger partial charge in [-0.15, -0.1) is 0 Å². The van der Waals surface area contributed by atoms with Crippen LogP contribution in [0.25, 0.3) is 0 Å². The Kier molecular flexibility index (Phi) is 5.76. The molecule has 0 saturated heterocycles. The number of aryl methyl sites for hydroxylation is 2. The van der Waals surface area contributed by atoms with Crippen LogP contribution in [-0.4, -0.2) is 18.1 Å². The van der Waals surface area contributed by atoms with Gasteiger partial charge < -0.3 is 10.1 Å². The first kappa shape index (κ1) is 15.5. The van der Waals surface area contributed by atoms with E-state index < -0.39 is 0 Å². The van der Waals surface area contributed by atoms with Gasteiger partial charge in [0.05, 0.1) is 5.69 Å². The van der Waals surface area contributed by atoms with Crippen LogP contribution in [-0.2, 0) is 13.0 Å². The second-order valence-electron chi connectivity index (χ2n) is 5.43. The van der Waals surface area contributed by atoms with Crippen LogP contribution in [0.5, 0.6) is 5.75 Å². The minimum Gasteiger partial charge on any atom is -0.487 e. The van der Waals surface area contributed by atoms with E-state index in [1.54, 1.807) is 0 Å². The molecule has 1 aromatic heterocycles. The van der Waals surface area contributed by atoms with Crippen LogP contribution in [0.2, 0.25) is 0 Å². The third kappa shape index (κ3) is 5.20. The summed E-state index contributed by atoms with van der Waals surface area (Å²) in [4.78, 5) is 4.43. The van der Waals surface area contributed by atoms with Crippen molar-refractivity contribution in [1.29, 1.82) is 0 Å². The lowest BCUT2D eigenvalue weighted by molar-refractivity contribution is 0.301. The van der Waals surface area contributed by atoms with Gasteiger partial charge in [-0.05, 0) is 63.6 Å². The fourth-order valence-corrected chi connectivity index (χ4v) is 2.12. The van der Waals surface area contributed by atoms with E-state index in [9.17, 15) is 0 Å². The summed E-state index contributed by atoms with van der Waals surface area (Å²) >= 11 is 0. The highest BCUT2D eigenvalue weighted by Gasteiger charge is 2.01. The summed E-state index contributed by atoms with van der Waals surface area (Å²) in [6, 6.07) is 14.9. The first-order valence-electron chi connectivity index (χ1n) is 7.49. The number of nitrogens with one attached hydrogen (secondary N) is 1. The number of nitrogens with zero attached hydrogens (tertiary/aromatic N) is 1. The molecule has 0 aliphatic rings. The Morgan fingerprint density at radius 3 is 2.57 bits per heavy atom. The lowest BCUT2D eigenvalue weighted by atomic mass is 10.1. The number of ether oxygens (including phenoxy) is 1. The predicted octanol–water partition coefficient (Wildman–Crippen LogP) is 3.51. The predicted molar refractivity (Wildman–Crippen MR) is 86.6 cm³/mol. The van der Waals surface area contributed by atoms with Crippen molar-refractivity contribution in [3.05, 3.63) is 59.4 Å². The van der Waals surface area contributed by atoms with Gasteiger partial charge in [-0.2, -0.15) is 0 Å². The van der Waals surface area contributed by atoms with Crippen molar-refractivity contribution in [2.24, 2.45) is 0 Å². The van der Waals surface area contributed by atoms with Crippen LogP contribution in [0, 0.1) is 6.92 Å². The SMILES string of the molecule is CNC(C)CCc1ccc(OCc2cccc(C)n2)cc1. The molecule has 1 atom stereocenters. The minimum absolute atomic E-state index is 0.512. The van der Waals surface area contributed by atoms with Gasteiger partial charge in [0.2, 0.25) is 0 Å². The molecule has 2 aromatic rings. The summed E-state index contributed by atoms with van der Waals surface area (Å²) in [6.07, 6.45) is 2.23. The molecule has 21 heavy (non-hydrogen) atoms. The Bertz CT molecular complexity index is 551. The highest BCUT2D eigenvalue weighted by atomic mass is 16.5. The zero-order valence-electron chi connectivity index (χ0n) is 13.1. The molecule has 1 heterocycles. The standard InChI is InChI=1S/C18H24N2O/c1-14(19-3)7-8-16-9-11-18(12-10-16)21-13-17-6-4-5-15(2)20-17/h4-6,9-12,14,19H,7-8,13H2,1-3H3. The summed E-state index contributed by atoms with van der Waals surface area (Å²) in [5, 5.41) is 3.26. The Balaban J connectivity index is 1.85. The van der Waals surface area contributed by atoms with E-state index in [0.29, 0.717) is 12.6 Å². The zero-order valence-corrected chi connectivity index (χ0v) is 13.1. The molecule has 1 unspecified atom stereocenters. The maximum absolute atomic E-state index is 5.77. The van der Waals surface area contributed by atoms with Crippen molar-refractivity contribution in [3.63, 3.8) is 0 Å². The van der Waals surface area contributed by atoms with Crippen LogP contribution < -0.4 is 10.1 Å². The number of pyridine rings is 1. The Morgan fingerprint density at radius 2 is 1.90 bits per heavy atom. The number of aromatic nitrogens is 1. The Labute approximate surface area is 127 Å². The molecule has 2 rings (SSSR count). The molecule has 1 aromatic carbocycles. The zero-order chi connectivity index (χ0) is 15.1. The molecule has 0 spiro atoms. The molecule has 0 radical (unpaired) electrons. The molecule has 0 amide bonds. The average Bonchev–Trinajstić information content (AvgIpc) is 2.51. The van der Waals surface area contributed by atoms with Gasteiger partial charge >= 0.3 is 0 Å². The maximum Gasteiger partial charge on any atom is 0.130 e. The van der Waals surface area contributed by atoms with Gasteiger partial charge in [-0.25, -0.2) is 0 Å². The van der Waals surface area contributed by atoms with E-state index in [0.717, 1.165) is 30.0 Å². The molecule has 0 saturated carbocycles. The summed E-state index contributed by atoms with van der Waals surface area (Å²) in [7, 11) is 2.00. The quantitative estimate of drug-likeness (QED) is 0.845. The number of hydrogen-bond acceptors (Lipinski definition) is 3. The van der Waals surface area contributed by atoms with Crippen LogP contribution in [0.15, 0.2) is 42.5 Å². The molecule has 0 aliphatic heterocycles. The van der Waals surface area contributed by atoms with Gasteiger partial charge in [-0.3, -0.25) is 4.98 Å². The Morgan fingerprint density at radius 1 is 1.14 bits per heavy atom. The van der Waals surface area contributed by atoms with Gasteiger partial charge in [0, 0.05) is 11.7 Å². The van der Waals surface area contributed by atoms with E-state index >= 15 is 0 Å². The molecule has 0 aliphatic carbocycles. The number of hydrogen-bond donors (Lipinski definition) is 1. The minimum atomic E-state index is 0.512. The van der Waals surface area contributed by atoms with E-state index in [-0.39, 0.29) is 0 Å². The van der Waals surface area contributed by atoms with Crippen LogP contribution in [0.4, 0.5) is 0 Å². The molecule has 0 fully saturated rings. The summed E-state index contributed by atoms with van der Waals surface area (Å²) in [6.45, 7) is 4.70. The molecule has 3 nitrogen and oxygen atoms in total. The highest BCUT2D eigenvalue weighted by molar-refractivity contribution is 5.27. The van der Waals surface area contributed by atoms with Gasteiger partial charge in [0.1, 0.15) is 12.4 Å². The van der Waals surface area contributed by atoms with Crippen molar-refractivity contribution in [2.45, 2.75) is 39.3 Å². The molecular formula is C18H24N2O. The summed E-state index contributed by atoms with van der Waals surface area (Å²) in [5.41, 5.74) is 3.32. The van der Waals surface area contributed by atoms with Gasteiger partial charge in [0.15, 0.2) is 0 Å². The van der Waals surface area contributed by atoms with Crippen molar-refractivity contribution in [2.75, 3.05) is 7.05 Å². The van der Waals surface area contributed by atoms with E-state index in [1.807, 2.05) is 44.3 Å². The monoisotopic (exact) mass is 284 g/mol. The summed E-state index contributed by atoms with van der Waals surface area (Å²) < 4.78 is 5.77. The van der Waals surface area contributed by atoms with E-state index in [1.165, 1.54) is 5.56 Å². The molecule has 3 heteroatoms. The van der Waals surface area contributed by atoms with Crippen LogP contribution >= 0.6 is 0 Å². The largest absolute Gasteiger partial charge is 0.487 e. The molecule has 0 bridgehead atoms. The maximum atomic E-state index is 5.77. The molecule has 1 N–H and O–H groups in total. The van der Waals surface area contributed by atoms with Crippen molar-refractivity contribution >= 4 is 0 Å². The van der Waals surface area contributed by atoms with E-state index in [2.05, 4.69) is 29.4 Å². The normalized spacial score (nSPS) is 12.1. The average molecular weight is 284 g/mol. The lowest BCUT2D eigenvalue weighted by Crippen LogP contribution is -2.21. The molecular weight excluding hydrogens is 260 g/mol. The number of benzene rings is 1. The first-order chi connectivity index (χ1) is 10.2. The van der Waals surface area contributed by atoms with Crippen molar-refractivity contribution in [1.82, 2.24) is 10.3 Å². The number of rotatable bonds is 7. The van der Waals surface area contributed by atoms with Crippen LogP contribution in [0.1, 0.15) is 30.3 Å². The van der Waals surface area contributed by atoms with Gasteiger partial charge in [0.25, 0.3) is 0 Å². The summed E-state index contributed by atoms with van der Waals surface area (Å²) in [5.74, 6) is 0.892. The van der Waals surface area contributed by atoms with Gasteiger partial charge in [-0.1, -0.05) is 18.2 Å². The smallest absolute Gasteiger partial charge is 0.130 e. The second-order valence-corrected chi connectivity index (χ2v) is 5.43.